The van der Waals surface area contributed by atoms with E-state index in [1.807, 2.05) is 67.6 Å². The number of anilines is 1. The Morgan fingerprint density at radius 3 is 2.27 bits per heavy atom. The van der Waals surface area contributed by atoms with Gasteiger partial charge < -0.3 is 10.2 Å². The number of nitrogens with one attached hydrogen (secondary N) is 1. The Labute approximate surface area is 155 Å². The summed E-state index contributed by atoms with van der Waals surface area (Å²) in [5.41, 5.74) is 3.07. The van der Waals surface area contributed by atoms with Gasteiger partial charge >= 0.3 is 0 Å². The summed E-state index contributed by atoms with van der Waals surface area (Å²) in [4.78, 5) is 14.7. The molecular weight excluding hydrogens is 322 g/mol. The summed E-state index contributed by atoms with van der Waals surface area (Å²) in [6.45, 7) is 8.01. The first kappa shape index (κ1) is 19.3. The molecule has 0 heterocycles. The van der Waals surface area contributed by atoms with Crippen LogP contribution in [0.5, 0.6) is 0 Å². The normalized spacial score (nSPS) is 12.2. The van der Waals surface area contributed by atoms with E-state index in [1.54, 1.807) is 6.08 Å². The molecule has 1 N–H and O–H groups in total. The fraction of sp³-hybridized carbons (Fsp3) is 0.273. The second kappa shape index (κ2) is 9.43. The van der Waals surface area contributed by atoms with Gasteiger partial charge in [-0.05, 0) is 50.1 Å². The molecule has 26 heavy (non-hydrogen) atoms. The third-order valence-electron chi connectivity index (χ3n) is 4.34. The van der Waals surface area contributed by atoms with Gasteiger partial charge in [0.1, 0.15) is 11.6 Å². The number of nitrogens with zero attached hydrogens (tertiary/aromatic N) is 2. The van der Waals surface area contributed by atoms with Crippen LogP contribution in [-0.4, -0.2) is 19.0 Å². The van der Waals surface area contributed by atoms with E-state index in [4.69, 9.17) is 0 Å². The molecule has 2 rings (SSSR count). The molecule has 0 aliphatic rings. The molecule has 0 bridgehead atoms. The van der Waals surface area contributed by atoms with Gasteiger partial charge in [-0.15, -0.1) is 0 Å². The second-order valence-electron chi connectivity index (χ2n) is 6.04. The summed E-state index contributed by atoms with van der Waals surface area (Å²) in [5.74, 6) is -0.364. The molecule has 4 heteroatoms. The molecule has 0 fully saturated rings. The Kier molecular flexibility index (Phi) is 6.99. The van der Waals surface area contributed by atoms with Crippen molar-refractivity contribution in [2.45, 2.75) is 26.8 Å². The van der Waals surface area contributed by atoms with Crippen molar-refractivity contribution in [1.29, 1.82) is 5.26 Å². The van der Waals surface area contributed by atoms with Crippen LogP contribution in [0.1, 0.15) is 37.9 Å². The molecular formula is C22H25N3O. The fourth-order valence-corrected chi connectivity index (χ4v) is 2.78. The minimum atomic E-state index is -0.364. The van der Waals surface area contributed by atoms with Crippen molar-refractivity contribution in [1.82, 2.24) is 5.32 Å². The van der Waals surface area contributed by atoms with Crippen molar-refractivity contribution in [3.8, 4) is 6.07 Å². The Balaban J connectivity index is 2.11. The lowest BCUT2D eigenvalue weighted by atomic mass is 10.1. The van der Waals surface area contributed by atoms with Crippen molar-refractivity contribution >= 4 is 17.7 Å². The van der Waals surface area contributed by atoms with Gasteiger partial charge in [0, 0.05) is 18.8 Å². The van der Waals surface area contributed by atoms with Gasteiger partial charge in [-0.25, -0.2) is 0 Å². The fourth-order valence-electron chi connectivity index (χ4n) is 2.78. The topological polar surface area (TPSA) is 56.1 Å². The molecule has 0 aliphatic heterocycles. The van der Waals surface area contributed by atoms with E-state index in [-0.39, 0.29) is 17.5 Å². The lowest BCUT2D eigenvalue weighted by Gasteiger charge is -2.20. The van der Waals surface area contributed by atoms with Crippen molar-refractivity contribution < 1.29 is 4.79 Å². The molecule has 0 aromatic heterocycles. The molecule has 0 aliphatic carbocycles. The van der Waals surface area contributed by atoms with Crippen LogP contribution in [0.15, 0.2) is 60.2 Å². The first-order valence-electron chi connectivity index (χ1n) is 8.91. The minimum absolute atomic E-state index is 0.100. The van der Waals surface area contributed by atoms with Crippen LogP contribution in [0.2, 0.25) is 0 Å². The van der Waals surface area contributed by atoms with Crippen molar-refractivity contribution in [2.75, 3.05) is 18.0 Å². The van der Waals surface area contributed by atoms with Crippen LogP contribution < -0.4 is 10.2 Å². The SMILES string of the molecule is CCN(CC)c1ccc(/C=C(/C#N)C(=O)N[C@H](C)c2ccccc2)cc1. The lowest BCUT2D eigenvalue weighted by Crippen LogP contribution is -2.27. The largest absolute Gasteiger partial charge is 0.372 e. The number of hydrogen-bond acceptors (Lipinski definition) is 3. The van der Waals surface area contributed by atoms with Gasteiger partial charge in [-0.1, -0.05) is 42.5 Å². The third kappa shape index (κ3) is 4.97. The van der Waals surface area contributed by atoms with Crippen LogP contribution >= 0.6 is 0 Å². The monoisotopic (exact) mass is 347 g/mol. The van der Waals surface area contributed by atoms with E-state index in [9.17, 15) is 10.1 Å². The molecule has 0 saturated carbocycles. The van der Waals surface area contributed by atoms with Crippen LogP contribution in [0.25, 0.3) is 6.08 Å². The Morgan fingerprint density at radius 2 is 1.73 bits per heavy atom. The Bertz CT molecular complexity index is 784. The van der Waals surface area contributed by atoms with Gasteiger partial charge in [-0.3, -0.25) is 4.79 Å². The predicted molar refractivity (Wildman–Crippen MR) is 107 cm³/mol. The highest BCUT2D eigenvalue weighted by Crippen LogP contribution is 2.17. The number of carbonyl (C=O) groups excluding carboxylic acids is 1. The highest BCUT2D eigenvalue weighted by atomic mass is 16.1. The standard InChI is InChI=1S/C22H25N3O/c1-4-25(5-2)21-13-11-18(12-14-21)15-20(16-23)22(26)24-17(3)19-9-7-6-8-10-19/h6-15,17H,4-5H2,1-3H3,(H,24,26)/b20-15-/t17-/m1/s1. The van der Waals surface area contributed by atoms with Crippen molar-refractivity contribution in [2.24, 2.45) is 0 Å². The molecule has 2 aromatic carbocycles. The van der Waals surface area contributed by atoms with Crippen LogP contribution in [0.4, 0.5) is 5.69 Å². The van der Waals surface area contributed by atoms with Gasteiger partial charge in [0.05, 0.1) is 6.04 Å². The lowest BCUT2D eigenvalue weighted by molar-refractivity contribution is -0.117. The highest BCUT2D eigenvalue weighted by Gasteiger charge is 2.13. The maximum absolute atomic E-state index is 12.4. The average Bonchev–Trinajstić information content (AvgIpc) is 2.68. The van der Waals surface area contributed by atoms with E-state index in [2.05, 4.69) is 24.1 Å². The zero-order chi connectivity index (χ0) is 18.9. The van der Waals surface area contributed by atoms with Crippen molar-refractivity contribution in [3.63, 3.8) is 0 Å². The highest BCUT2D eigenvalue weighted by molar-refractivity contribution is 6.01. The van der Waals surface area contributed by atoms with E-state index >= 15 is 0 Å². The summed E-state index contributed by atoms with van der Waals surface area (Å²) in [7, 11) is 0. The smallest absolute Gasteiger partial charge is 0.262 e. The molecule has 1 atom stereocenters. The maximum atomic E-state index is 12.4. The summed E-state index contributed by atoms with van der Waals surface area (Å²) < 4.78 is 0. The first-order chi connectivity index (χ1) is 12.6. The Hall–Kier alpha value is -3.06. The van der Waals surface area contributed by atoms with Gasteiger partial charge in [0.2, 0.25) is 0 Å². The van der Waals surface area contributed by atoms with E-state index in [0.717, 1.165) is 29.9 Å². The molecule has 4 nitrogen and oxygen atoms in total. The molecule has 0 radical (unpaired) electrons. The molecule has 1 amide bonds. The number of rotatable bonds is 7. The van der Waals surface area contributed by atoms with Crippen LogP contribution in [-0.2, 0) is 4.79 Å². The zero-order valence-electron chi connectivity index (χ0n) is 15.6. The van der Waals surface area contributed by atoms with Gasteiger partial charge in [0.25, 0.3) is 5.91 Å². The summed E-state index contributed by atoms with van der Waals surface area (Å²) in [5, 5.41) is 12.3. The maximum Gasteiger partial charge on any atom is 0.262 e. The number of hydrogen-bond donors (Lipinski definition) is 1. The van der Waals surface area contributed by atoms with Gasteiger partial charge in [0.15, 0.2) is 0 Å². The minimum Gasteiger partial charge on any atom is -0.372 e. The van der Waals surface area contributed by atoms with Crippen LogP contribution in [0, 0.1) is 11.3 Å². The van der Waals surface area contributed by atoms with E-state index < -0.39 is 0 Å². The van der Waals surface area contributed by atoms with Crippen LogP contribution in [0.3, 0.4) is 0 Å². The van der Waals surface area contributed by atoms with E-state index in [0.29, 0.717) is 0 Å². The quantitative estimate of drug-likeness (QED) is 0.599. The molecule has 0 unspecified atom stereocenters. The van der Waals surface area contributed by atoms with Gasteiger partial charge in [-0.2, -0.15) is 5.26 Å². The van der Waals surface area contributed by atoms with E-state index in [1.165, 1.54) is 0 Å². The molecule has 134 valence electrons. The first-order valence-corrected chi connectivity index (χ1v) is 8.91. The second-order valence-corrected chi connectivity index (χ2v) is 6.04. The molecule has 0 spiro atoms. The average molecular weight is 347 g/mol. The Morgan fingerprint density at radius 1 is 1.12 bits per heavy atom. The number of nitriles is 1. The van der Waals surface area contributed by atoms with Crippen molar-refractivity contribution in [3.05, 3.63) is 71.3 Å². The summed E-state index contributed by atoms with van der Waals surface area (Å²) in [6.07, 6.45) is 1.62. The third-order valence-corrected chi connectivity index (χ3v) is 4.34. The predicted octanol–water partition coefficient (Wildman–Crippen LogP) is 4.32. The number of carbonyl (C=O) groups is 1. The number of amides is 1. The zero-order valence-corrected chi connectivity index (χ0v) is 15.6. The summed E-state index contributed by atoms with van der Waals surface area (Å²) >= 11 is 0. The summed E-state index contributed by atoms with van der Waals surface area (Å²) in [6, 6.07) is 19.4. The molecule has 2 aromatic rings. The molecule has 0 saturated heterocycles. The number of benzene rings is 2.